The van der Waals surface area contributed by atoms with Crippen LogP contribution in [0, 0.1) is 21.8 Å². The molecule has 25 heavy (non-hydrogen) atoms. The van der Waals surface area contributed by atoms with Crippen LogP contribution in [0.25, 0.3) is 0 Å². The number of anilines is 1. The van der Waals surface area contributed by atoms with Gasteiger partial charge in [0.15, 0.2) is 0 Å². The van der Waals surface area contributed by atoms with Gasteiger partial charge in [-0.1, -0.05) is 30.4 Å². The smallest absolute Gasteiger partial charge is 0.273 e. The number of nitro benzene ring substituents is 1. The monoisotopic (exact) mass is 340 g/mol. The minimum absolute atomic E-state index is 0.000733. The number of non-ortho nitro benzene ring substituents is 1. The van der Waals surface area contributed by atoms with Gasteiger partial charge in [0.05, 0.1) is 29.8 Å². The van der Waals surface area contributed by atoms with E-state index in [9.17, 15) is 14.5 Å². The minimum atomic E-state index is -0.417. The Kier molecular flexibility index (Phi) is 3.67. The maximum absolute atomic E-state index is 14.4. The van der Waals surface area contributed by atoms with E-state index in [2.05, 4.69) is 17.5 Å². The van der Waals surface area contributed by atoms with Crippen molar-refractivity contribution >= 4 is 11.4 Å². The lowest BCUT2D eigenvalue weighted by atomic mass is 9.76. The van der Waals surface area contributed by atoms with Crippen LogP contribution in [-0.4, -0.2) is 12.0 Å². The lowest BCUT2D eigenvalue weighted by molar-refractivity contribution is -0.385. The topological polar surface area (TPSA) is 64.4 Å². The zero-order chi connectivity index (χ0) is 17.6. The van der Waals surface area contributed by atoms with Gasteiger partial charge in [-0.05, 0) is 24.0 Å². The lowest BCUT2D eigenvalue weighted by Gasteiger charge is -2.38. The summed E-state index contributed by atoms with van der Waals surface area (Å²) >= 11 is 0. The SMILES string of the molecule is COc1cc([N+](=O)[O-])cc2c1NC(c1ccccc1F)[C@H]1CC=C[C@@H]21. The molecule has 6 heteroatoms. The van der Waals surface area contributed by atoms with Crippen LogP contribution in [0.2, 0.25) is 0 Å². The third-order valence-electron chi connectivity index (χ3n) is 5.09. The highest BCUT2D eigenvalue weighted by Crippen LogP contribution is 2.53. The molecule has 0 radical (unpaired) electrons. The van der Waals surface area contributed by atoms with Crippen LogP contribution in [-0.2, 0) is 0 Å². The van der Waals surface area contributed by atoms with Gasteiger partial charge in [0.1, 0.15) is 11.6 Å². The summed E-state index contributed by atoms with van der Waals surface area (Å²) in [7, 11) is 1.48. The van der Waals surface area contributed by atoms with Crippen LogP contribution in [0.5, 0.6) is 5.75 Å². The molecule has 0 fully saturated rings. The van der Waals surface area contributed by atoms with E-state index in [4.69, 9.17) is 4.74 Å². The molecule has 0 saturated heterocycles. The Morgan fingerprint density at radius 1 is 1.28 bits per heavy atom. The molecule has 0 spiro atoms. The van der Waals surface area contributed by atoms with Crippen molar-refractivity contribution in [3.8, 4) is 5.75 Å². The van der Waals surface area contributed by atoms with Crippen LogP contribution in [0.1, 0.15) is 29.5 Å². The molecule has 1 heterocycles. The van der Waals surface area contributed by atoms with E-state index >= 15 is 0 Å². The number of hydrogen-bond acceptors (Lipinski definition) is 4. The summed E-state index contributed by atoms with van der Waals surface area (Å²) in [6.45, 7) is 0. The third-order valence-corrected chi connectivity index (χ3v) is 5.09. The molecule has 0 amide bonds. The molecule has 1 aliphatic heterocycles. The van der Waals surface area contributed by atoms with Gasteiger partial charge in [-0.2, -0.15) is 0 Å². The van der Waals surface area contributed by atoms with Crippen molar-refractivity contribution < 1.29 is 14.1 Å². The number of allylic oxidation sites excluding steroid dienone is 2. The number of halogens is 1. The molecule has 2 aliphatic rings. The fourth-order valence-corrected chi connectivity index (χ4v) is 3.95. The Labute approximate surface area is 144 Å². The number of hydrogen-bond donors (Lipinski definition) is 1. The van der Waals surface area contributed by atoms with E-state index in [0.29, 0.717) is 17.0 Å². The van der Waals surface area contributed by atoms with Crippen molar-refractivity contribution in [1.29, 1.82) is 0 Å². The summed E-state index contributed by atoms with van der Waals surface area (Å²) in [6.07, 6.45) is 4.91. The fraction of sp³-hybridized carbons (Fsp3) is 0.263. The van der Waals surface area contributed by atoms with Crippen LogP contribution >= 0.6 is 0 Å². The highest BCUT2D eigenvalue weighted by Gasteiger charge is 2.40. The molecule has 4 rings (SSSR count). The first-order chi connectivity index (χ1) is 12.1. The van der Waals surface area contributed by atoms with Gasteiger partial charge in [0, 0.05) is 17.5 Å². The van der Waals surface area contributed by atoms with Crippen LogP contribution in [0.4, 0.5) is 15.8 Å². The van der Waals surface area contributed by atoms with Crippen molar-refractivity contribution in [3.63, 3.8) is 0 Å². The summed E-state index contributed by atoms with van der Waals surface area (Å²) in [5, 5.41) is 14.6. The van der Waals surface area contributed by atoms with Gasteiger partial charge in [-0.3, -0.25) is 10.1 Å². The maximum atomic E-state index is 14.4. The standard InChI is InChI=1S/C19H17FN2O3/c1-25-17-10-11(22(23)24)9-15-12-6-4-7-13(12)18(21-19(15)17)14-5-2-3-8-16(14)20/h2-6,8-10,12-13,18,21H,7H2,1H3/t12-,13+,18?/m1/s1. The summed E-state index contributed by atoms with van der Waals surface area (Å²) in [5.74, 6) is 0.255. The first kappa shape index (κ1) is 15.6. The summed E-state index contributed by atoms with van der Waals surface area (Å²) in [5.41, 5.74) is 2.14. The zero-order valence-corrected chi connectivity index (χ0v) is 13.6. The number of nitrogens with one attached hydrogen (secondary N) is 1. The van der Waals surface area contributed by atoms with Crippen molar-refractivity contribution in [2.75, 3.05) is 12.4 Å². The molecule has 1 N–H and O–H groups in total. The number of benzene rings is 2. The van der Waals surface area contributed by atoms with Crippen LogP contribution < -0.4 is 10.1 Å². The number of methoxy groups -OCH3 is 1. The van der Waals surface area contributed by atoms with Gasteiger partial charge in [0.25, 0.3) is 5.69 Å². The van der Waals surface area contributed by atoms with Gasteiger partial charge in [0.2, 0.25) is 0 Å². The predicted molar refractivity (Wildman–Crippen MR) is 92.4 cm³/mol. The highest BCUT2D eigenvalue weighted by molar-refractivity contribution is 5.71. The van der Waals surface area contributed by atoms with Crippen LogP contribution in [0.3, 0.4) is 0 Å². The summed E-state index contributed by atoms with van der Waals surface area (Å²) in [4.78, 5) is 10.8. The van der Waals surface area contributed by atoms with Crippen molar-refractivity contribution in [2.24, 2.45) is 5.92 Å². The molecule has 0 saturated carbocycles. The second-order valence-electron chi connectivity index (χ2n) is 6.37. The number of ether oxygens (including phenoxy) is 1. The Morgan fingerprint density at radius 3 is 2.80 bits per heavy atom. The van der Waals surface area contributed by atoms with E-state index in [1.165, 1.54) is 19.2 Å². The third kappa shape index (κ3) is 2.45. The molecule has 5 nitrogen and oxygen atoms in total. The zero-order valence-electron chi connectivity index (χ0n) is 13.6. The number of nitro groups is 1. The Bertz CT molecular complexity index is 881. The quantitative estimate of drug-likeness (QED) is 0.505. The highest BCUT2D eigenvalue weighted by atomic mass is 19.1. The van der Waals surface area contributed by atoms with E-state index in [0.717, 1.165) is 12.0 Å². The van der Waals surface area contributed by atoms with Crippen molar-refractivity contribution in [1.82, 2.24) is 0 Å². The average molecular weight is 340 g/mol. The number of rotatable bonds is 3. The maximum Gasteiger partial charge on any atom is 0.273 e. The summed E-state index contributed by atoms with van der Waals surface area (Å²) in [6, 6.07) is 9.51. The number of fused-ring (bicyclic) bond motifs is 3. The molecule has 0 bridgehead atoms. The molecule has 1 unspecified atom stereocenters. The molecule has 2 aromatic carbocycles. The van der Waals surface area contributed by atoms with E-state index in [-0.39, 0.29) is 29.4 Å². The summed E-state index contributed by atoms with van der Waals surface area (Å²) < 4.78 is 19.8. The number of nitrogens with zero attached hydrogens (tertiary/aromatic N) is 1. The van der Waals surface area contributed by atoms with Gasteiger partial charge < -0.3 is 10.1 Å². The Hall–Kier alpha value is -2.89. The molecular weight excluding hydrogens is 323 g/mol. The average Bonchev–Trinajstić information content (AvgIpc) is 3.10. The van der Waals surface area contributed by atoms with E-state index < -0.39 is 4.92 Å². The Morgan fingerprint density at radius 2 is 2.08 bits per heavy atom. The molecular formula is C19H17FN2O3. The first-order valence-electron chi connectivity index (χ1n) is 8.14. The van der Waals surface area contributed by atoms with E-state index in [1.807, 2.05) is 6.07 Å². The second-order valence-corrected chi connectivity index (χ2v) is 6.37. The molecule has 2 aromatic rings. The largest absolute Gasteiger partial charge is 0.494 e. The lowest BCUT2D eigenvalue weighted by Crippen LogP contribution is -2.30. The van der Waals surface area contributed by atoms with Gasteiger partial charge in [-0.15, -0.1) is 0 Å². The predicted octanol–water partition coefficient (Wildman–Crippen LogP) is 4.57. The van der Waals surface area contributed by atoms with Crippen molar-refractivity contribution in [3.05, 3.63) is 75.6 Å². The molecule has 1 aliphatic carbocycles. The Balaban J connectivity index is 1.87. The second kappa shape index (κ2) is 5.88. The normalized spacial score (nSPS) is 23.5. The first-order valence-corrected chi connectivity index (χ1v) is 8.14. The molecule has 0 aromatic heterocycles. The minimum Gasteiger partial charge on any atom is -0.494 e. The molecule has 128 valence electrons. The van der Waals surface area contributed by atoms with E-state index in [1.54, 1.807) is 18.2 Å². The van der Waals surface area contributed by atoms with Crippen molar-refractivity contribution in [2.45, 2.75) is 18.4 Å². The van der Waals surface area contributed by atoms with Gasteiger partial charge in [-0.25, -0.2) is 4.39 Å². The molecule has 3 atom stereocenters. The van der Waals surface area contributed by atoms with Crippen LogP contribution in [0.15, 0.2) is 48.6 Å². The fourth-order valence-electron chi connectivity index (χ4n) is 3.95. The van der Waals surface area contributed by atoms with Gasteiger partial charge >= 0.3 is 0 Å².